The molecule has 584 valence electrons. The SMILES string of the molecule is CC.CC.CC.CC.CC.CC.CC.CC.CC.CC.CC.CC.CC.CC.CC.CC.CC.CC.CC.CC.O=C1C=CC=N1.O=S1(=O)C=CC=N1.S=C1C=CC=N1.c1ccncc1.c1ccnnc1.c1cnccn1.c1cncnc1.c1cnncn1.c1ncncn1.c1nn[nH]n1. The maximum absolute atomic E-state index is 10.1. The van der Waals surface area contributed by atoms with Crippen molar-refractivity contribution >= 4 is 51.8 Å². The summed E-state index contributed by atoms with van der Waals surface area (Å²) < 4.78 is 23.4. The second-order valence-electron chi connectivity index (χ2n) is 8.93. The molecule has 0 radical (unpaired) electrons. The third-order valence-electron chi connectivity index (χ3n) is 4.68. The first kappa shape index (κ1) is 147. The van der Waals surface area contributed by atoms with Crippen molar-refractivity contribution in [3.63, 3.8) is 0 Å². The zero-order valence-corrected chi connectivity index (χ0v) is 72.7. The van der Waals surface area contributed by atoms with E-state index in [9.17, 15) is 13.2 Å². The van der Waals surface area contributed by atoms with Gasteiger partial charge in [0.25, 0.3) is 15.9 Å². The van der Waals surface area contributed by atoms with E-state index in [1.165, 1.54) is 68.7 Å². The molecule has 25 heteroatoms. The number of thiocarbonyl (C=S) groups is 1. The molecule has 0 spiro atoms. The van der Waals surface area contributed by atoms with E-state index < -0.39 is 10.0 Å². The number of hydrogen-bond donors (Lipinski definition) is 1. The van der Waals surface area contributed by atoms with Crippen molar-refractivity contribution in [3.05, 3.63) is 185 Å². The number of hydrogen-bond acceptors (Lipinski definition) is 20. The summed E-state index contributed by atoms with van der Waals surface area (Å²) in [4.78, 5) is 50.6. The van der Waals surface area contributed by atoms with Crippen LogP contribution in [0.25, 0.3) is 0 Å². The number of allylic oxidation sites excluding steroid dienone is 3. The topological polar surface area (TPSA) is 310 Å². The third-order valence-corrected chi connectivity index (χ3v) is 5.83. The van der Waals surface area contributed by atoms with E-state index in [2.05, 4.69) is 112 Å². The number of H-pyrrole nitrogens is 1. The van der Waals surface area contributed by atoms with Crippen LogP contribution < -0.4 is 0 Å². The van der Waals surface area contributed by atoms with Crippen LogP contribution in [0.2, 0.25) is 0 Å². The normalized spacial score (nSPS) is 8.16. The molecule has 0 bridgehead atoms. The molecule has 0 unspecified atom stereocenters. The summed E-state index contributed by atoms with van der Waals surface area (Å²) in [6.07, 6.45) is 40.8. The van der Waals surface area contributed by atoms with Crippen LogP contribution in [0, 0.1) is 0 Å². The van der Waals surface area contributed by atoms with Crippen LogP contribution in [0.5, 0.6) is 0 Å². The fourth-order valence-electron chi connectivity index (χ4n) is 2.47. The number of carbonyl (C=O) groups is 1. The van der Waals surface area contributed by atoms with E-state index in [4.69, 9.17) is 0 Å². The first-order valence-electron chi connectivity index (χ1n) is 36.2. The van der Waals surface area contributed by atoms with E-state index in [-0.39, 0.29) is 5.91 Å². The predicted octanol–water partition coefficient (Wildman–Crippen LogP) is 23.0. The number of pyridine rings is 1. The van der Waals surface area contributed by atoms with Crippen LogP contribution >= 0.6 is 12.2 Å². The summed E-state index contributed by atoms with van der Waals surface area (Å²) in [5.41, 5.74) is 0. The van der Waals surface area contributed by atoms with E-state index in [1.807, 2.05) is 313 Å². The summed E-state index contributed by atoms with van der Waals surface area (Å²) in [6, 6.07) is 11.1. The molecule has 0 saturated heterocycles. The van der Waals surface area contributed by atoms with Gasteiger partial charge in [-0.05, 0) is 54.6 Å². The van der Waals surface area contributed by atoms with Gasteiger partial charge in [0.1, 0.15) is 36.6 Å². The molecule has 0 aromatic carbocycles. The van der Waals surface area contributed by atoms with Gasteiger partial charge in [-0.3, -0.25) is 19.7 Å². The summed E-state index contributed by atoms with van der Waals surface area (Å²) in [6.45, 7) is 80.0. The number of sulfonamides is 1. The van der Waals surface area contributed by atoms with E-state index >= 15 is 0 Å². The van der Waals surface area contributed by atoms with Crippen LogP contribution in [0.1, 0.15) is 277 Å². The Bertz CT molecular complexity index is 1790. The number of aromatic amines is 1. The molecule has 7 aromatic rings. The molecule has 7 aromatic heterocycles. The molecule has 3 aliphatic rings. The van der Waals surface area contributed by atoms with Crippen molar-refractivity contribution < 1.29 is 13.2 Å². The first-order chi connectivity index (χ1) is 49.5. The van der Waals surface area contributed by atoms with Gasteiger partial charge in [0.2, 0.25) is 0 Å². The Kier molecular flexibility index (Phi) is 333. The van der Waals surface area contributed by atoms with E-state index in [0.717, 1.165) is 5.41 Å². The Morgan fingerprint density at radius 1 is 0.290 bits per heavy atom. The van der Waals surface area contributed by atoms with Gasteiger partial charge in [0.15, 0.2) is 6.33 Å². The number of aromatic nitrogens is 17. The predicted molar refractivity (Wildman–Crippen MR) is 451 cm³/mol. The first-order valence-corrected chi connectivity index (χ1v) is 38.1. The molecule has 3 aliphatic heterocycles. The average molecular weight is 1450 g/mol. The number of carbonyl (C=O) groups excluding carboxylic acids is 1. The monoisotopic (exact) mass is 1450 g/mol. The number of amides is 1. The average Bonchev–Trinajstić information content (AvgIpc) is 2.29. The lowest BCUT2D eigenvalue weighted by atomic mass is 10.5. The Morgan fingerprint density at radius 3 is 0.710 bits per heavy atom. The number of nitrogens with zero attached hydrogens (tertiary/aromatic N) is 19. The lowest BCUT2D eigenvalue weighted by Crippen LogP contribution is -1.80. The zero-order valence-electron chi connectivity index (χ0n) is 71.1. The highest BCUT2D eigenvalue weighted by atomic mass is 32.2. The minimum Gasteiger partial charge on any atom is -0.267 e. The van der Waals surface area contributed by atoms with Crippen LogP contribution in [0.15, 0.2) is 199 Å². The van der Waals surface area contributed by atoms with Gasteiger partial charge in [-0.25, -0.2) is 39.9 Å². The van der Waals surface area contributed by atoms with Gasteiger partial charge >= 0.3 is 0 Å². The van der Waals surface area contributed by atoms with Gasteiger partial charge in [-0.1, -0.05) is 300 Å². The second kappa shape index (κ2) is 227. The number of aliphatic imine (C=N–C) groups is 2. The van der Waals surface area contributed by atoms with Crippen LogP contribution in [0.4, 0.5) is 0 Å². The molecule has 0 fully saturated rings. The summed E-state index contributed by atoms with van der Waals surface area (Å²) in [5, 5.41) is 27.2. The van der Waals surface area contributed by atoms with Crippen molar-refractivity contribution in [1.29, 1.82) is 0 Å². The number of tetrazole rings is 1. The standard InChI is InChI=1S/C5H5N.3C4H4N2.C4H3NO.C4H3NS.2C3H3N3.C3H3NO2S.20C2H6.CH2N4/c1-2-4-6-5-3-1;1-2-6-4-3-5-1;1-2-5-4-6-3-1;1-2-4-6-5-3-1;2*6-4-2-1-3-5-4;1-4-2-6-3-5-1;1-2-5-6-3-4-1;5-7(6)3-1-2-4-7;20*1-2;1-2-4-5-3-1/h1-5H;3*1-4H;4*1-3H;1-3H;20*1-2H3;1H,(H,2,3,4,5). The molecule has 100 heavy (non-hydrogen) atoms. The highest BCUT2D eigenvalue weighted by Crippen LogP contribution is 1.97. The van der Waals surface area contributed by atoms with Crippen LogP contribution in [-0.4, -0.2) is 124 Å². The molecule has 0 atom stereocenters. The molecule has 23 nitrogen and oxygen atoms in total. The maximum atomic E-state index is 10.1. The highest BCUT2D eigenvalue weighted by molar-refractivity contribution is 7.93. The maximum Gasteiger partial charge on any atom is 0.275 e. The van der Waals surface area contributed by atoms with E-state index in [0.29, 0.717) is 4.99 Å². The largest absolute Gasteiger partial charge is 0.275 e. The third kappa shape index (κ3) is 228. The summed E-state index contributed by atoms with van der Waals surface area (Å²) in [5.74, 6) is -0.157. The minimum absolute atomic E-state index is 0.157. The highest BCUT2D eigenvalue weighted by Gasteiger charge is 2.01. The molecule has 1 N–H and O–H groups in total. The lowest BCUT2D eigenvalue weighted by molar-refractivity contribution is -0.113. The van der Waals surface area contributed by atoms with Crippen molar-refractivity contribution in [1.82, 2.24) is 85.9 Å². The molecule has 10 heterocycles. The molecular weight excluding hydrogens is 1290 g/mol. The number of rotatable bonds is 0. The molecule has 10 rings (SSSR count). The van der Waals surface area contributed by atoms with Crippen molar-refractivity contribution in [3.8, 4) is 0 Å². The van der Waals surface area contributed by atoms with Gasteiger partial charge in [-0.15, -0.1) is 15.3 Å². The quantitative estimate of drug-likeness (QED) is 0.138. The Hall–Kier alpha value is -8.58. The zero-order chi connectivity index (χ0) is 83.1. The summed E-state index contributed by atoms with van der Waals surface area (Å²) >= 11 is 4.63. The molecule has 0 saturated carbocycles. The van der Waals surface area contributed by atoms with Gasteiger partial charge in [0, 0.05) is 92.9 Å². The van der Waals surface area contributed by atoms with Crippen molar-refractivity contribution in [2.45, 2.75) is 277 Å². The number of nitrogens with one attached hydrogen (secondary N) is 1. The molecule has 0 aliphatic carbocycles. The molecule has 1 amide bonds. The van der Waals surface area contributed by atoms with Gasteiger partial charge < -0.3 is 0 Å². The fraction of sp³-hybridized carbons (Fsp3) is 0.533. The summed E-state index contributed by atoms with van der Waals surface area (Å²) in [7, 11) is -3.16. The van der Waals surface area contributed by atoms with Crippen molar-refractivity contribution in [2.75, 3.05) is 0 Å². The van der Waals surface area contributed by atoms with Crippen molar-refractivity contribution in [2.24, 2.45) is 14.4 Å². The Labute approximate surface area is 623 Å². The smallest absolute Gasteiger partial charge is 0.267 e. The second-order valence-corrected chi connectivity index (χ2v) is 10.9. The fourth-order valence-corrected chi connectivity index (χ4v) is 3.19. The lowest BCUT2D eigenvalue weighted by Gasteiger charge is -1.73. The molecular formula is C75H154N20O3S2. The van der Waals surface area contributed by atoms with Gasteiger partial charge in [-0.2, -0.15) is 33.3 Å². The Morgan fingerprint density at radius 2 is 0.610 bits per heavy atom. The van der Waals surface area contributed by atoms with E-state index in [1.54, 1.807) is 92.6 Å². The minimum atomic E-state index is -3.16. The van der Waals surface area contributed by atoms with Crippen LogP contribution in [0.3, 0.4) is 0 Å². The van der Waals surface area contributed by atoms with Gasteiger partial charge in [0.05, 0.1) is 11.6 Å². The van der Waals surface area contributed by atoms with Crippen LogP contribution in [-0.2, 0) is 14.8 Å². The Balaban J connectivity index is -0.0000000374.